The van der Waals surface area contributed by atoms with Crippen LogP contribution in [0.4, 0.5) is 13.6 Å². The van der Waals surface area contributed by atoms with Crippen LogP contribution < -0.4 is 5.32 Å². The van der Waals surface area contributed by atoms with E-state index < -0.39 is 48.9 Å². The first-order valence-corrected chi connectivity index (χ1v) is 11.2. The number of alkyl halides is 2. The highest BCUT2D eigenvalue weighted by Crippen LogP contribution is 2.44. The van der Waals surface area contributed by atoms with Crippen LogP contribution in [0.15, 0.2) is 48.5 Å². The number of carboxylic acid groups (broad SMARTS) is 1. The number of nitrogens with zero attached hydrogens (tertiary/aromatic N) is 1. The Bertz CT molecular complexity index is 1080. The summed E-state index contributed by atoms with van der Waals surface area (Å²) in [6.07, 6.45) is -2.68. The number of carbonyl (C=O) groups excluding carboxylic acids is 2. The van der Waals surface area contributed by atoms with E-state index in [0.717, 1.165) is 27.2 Å². The van der Waals surface area contributed by atoms with Crippen molar-refractivity contribution in [3.8, 4) is 11.1 Å². The van der Waals surface area contributed by atoms with Crippen LogP contribution in [-0.2, 0) is 19.1 Å². The van der Waals surface area contributed by atoms with Gasteiger partial charge in [0.15, 0.2) is 6.10 Å². The third-order valence-corrected chi connectivity index (χ3v) is 6.57. The Kier molecular flexibility index (Phi) is 7.02. The zero-order valence-electron chi connectivity index (χ0n) is 19.1. The second-order valence-electron chi connectivity index (χ2n) is 8.62. The zero-order chi connectivity index (χ0) is 25.2. The van der Waals surface area contributed by atoms with Crippen LogP contribution in [-0.4, -0.2) is 73.4 Å². The number of hydrogen-bond donors (Lipinski definition) is 2. The van der Waals surface area contributed by atoms with Crippen molar-refractivity contribution in [3.05, 3.63) is 59.7 Å². The molecular weight excluding hydrogens is 462 g/mol. The normalized spacial score (nSPS) is 19.4. The van der Waals surface area contributed by atoms with E-state index in [4.69, 9.17) is 14.6 Å². The molecule has 35 heavy (non-hydrogen) atoms. The highest BCUT2D eigenvalue weighted by Gasteiger charge is 2.50. The number of benzene rings is 2. The molecule has 1 heterocycles. The smallest absolute Gasteiger partial charge is 0.407 e. The summed E-state index contributed by atoms with van der Waals surface area (Å²) in [5.74, 6) is -7.86. The molecule has 1 saturated heterocycles. The van der Waals surface area contributed by atoms with Gasteiger partial charge in [0.25, 0.3) is 11.8 Å². The van der Waals surface area contributed by atoms with Crippen LogP contribution >= 0.6 is 0 Å². The molecular formula is C25H26F2N2O6. The van der Waals surface area contributed by atoms with Crippen molar-refractivity contribution < 1.29 is 37.7 Å². The first-order chi connectivity index (χ1) is 16.7. The summed E-state index contributed by atoms with van der Waals surface area (Å²) in [5.41, 5.74) is 4.30. The number of piperidine rings is 1. The second-order valence-corrected chi connectivity index (χ2v) is 8.62. The van der Waals surface area contributed by atoms with E-state index in [-0.39, 0.29) is 25.6 Å². The van der Waals surface area contributed by atoms with Crippen molar-refractivity contribution in [2.24, 2.45) is 5.92 Å². The molecule has 2 aliphatic rings. The van der Waals surface area contributed by atoms with Gasteiger partial charge in [0, 0.05) is 32.5 Å². The molecule has 1 aliphatic heterocycles. The quantitative estimate of drug-likeness (QED) is 0.621. The van der Waals surface area contributed by atoms with Gasteiger partial charge < -0.3 is 24.8 Å². The Hall–Kier alpha value is -3.53. The van der Waals surface area contributed by atoms with Gasteiger partial charge in [-0.15, -0.1) is 0 Å². The van der Waals surface area contributed by atoms with Crippen LogP contribution in [0.2, 0.25) is 0 Å². The molecule has 186 valence electrons. The minimum absolute atomic E-state index is 0.0902. The number of hydrogen-bond acceptors (Lipinski definition) is 5. The maximum atomic E-state index is 13.9. The summed E-state index contributed by atoms with van der Waals surface area (Å²) in [6.45, 7) is -1.10. The zero-order valence-corrected chi connectivity index (χ0v) is 19.1. The third kappa shape index (κ3) is 4.97. The van der Waals surface area contributed by atoms with E-state index in [0.29, 0.717) is 0 Å². The molecule has 4 rings (SSSR count). The van der Waals surface area contributed by atoms with Crippen molar-refractivity contribution in [1.29, 1.82) is 0 Å². The van der Waals surface area contributed by atoms with Gasteiger partial charge in [0.1, 0.15) is 12.5 Å². The molecule has 0 saturated carbocycles. The van der Waals surface area contributed by atoms with E-state index in [9.17, 15) is 23.2 Å². The number of alkyl carbamates (subject to hydrolysis) is 1. The van der Waals surface area contributed by atoms with Crippen LogP contribution in [0.5, 0.6) is 0 Å². The first kappa shape index (κ1) is 24.6. The third-order valence-electron chi connectivity index (χ3n) is 6.57. The van der Waals surface area contributed by atoms with Crippen LogP contribution in [0.1, 0.15) is 23.5 Å². The average molecular weight is 488 g/mol. The first-order valence-electron chi connectivity index (χ1n) is 11.2. The van der Waals surface area contributed by atoms with E-state index >= 15 is 0 Å². The van der Waals surface area contributed by atoms with Crippen molar-refractivity contribution in [2.75, 3.05) is 33.4 Å². The molecule has 0 radical (unpaired) electrons. The molecule has 2 atom stereocenters. The average Bonchev–Trinajstić information content (AvgIpc) is 3.16. The number of rotatable bonds is 7. The highest BCUT2D eigenvalue weighted by molar-refractivity contribution is 5.83. The SMILES string of the molecule is COC(CNC(=O)OCC1c2ccccc2-c2ccccc21)C(=O)N1CCC(F)(F)C(C(=O)O)C1. The molecule has 10 heteroatoms. The Morgan fingerprint density at radius 1 is 1.11 bits per heavy atom. The fraction of sp³-hybridized carbons (Fsp3) is 0.400. The number of likely N-dealkylation sites (tertiary alicyclic amines) is 1. The Labute approximate surface area is 200 Å². The van der Waals surface area contributed by atoms with Crippen LogP contribution in [0.25, 0.3) is 11.1 Å². The standard InChI is InChI=1S/C25H26F2N2O6/c1-34-21(22(30)29-11-10-25(26,27)20(13-29)23(31)32)12-28-24(33)35-14-19-17-8-4-2-6-15(17)16-7-3-5-9-18(16)19/h2-9,19-21H,10-14H2,1H3,(H,28,33)(H,31,32). The number of ether oxygens (including phenoxy) is 2. The lowest BCUT2D eigenvalue weighted by molar-refractivity contribution is -0.171. The van der Waals surface area contributed by atoms with Crippen molar-refractivity contribution in [1.82, 2.24) is 10.2 Å². The summed E-state index contributed by atoms with van der Waals surface area (Å²) >= 11 is 0. The number of aliphatic carboxylic acids is 1. The molecule has 2 unspecified atom stereocenters. The van der Waals surface area contributed by atoms with Crippen molar-refractivity contribution in [3.63, 3.8) is 0 Å². The summed E-state index contributed by atoms with van der Waals surface area (Å²) in [4.78, 5) is 37.3. The molecule has 0 aromatic heterocycles. The molecule has 2 aromatic carbocycles. The summed E-state index contributed by atoms with van der Waals surface area (Å²) < 4.78 is 38.3. The lowest BCUT2D eigenvalue weighted by Crippen LogP contribution is -2.55. The second kappa shape index (κ2) is 9.99. The van der Waals surface area contributed by atoms with Gasteiger partial charge in [-0.25, -0.2) is 13.6 Å². The number of halogens is 2. The summed E-state index contributed by atoms with van der Waals surface area (Å²) in [5, 5.41) is 11.6. The molecule has 2 N–H and O–H groups in total. The van der Waals surface area contributed by atoms with Gasteiger partial charge in [-0.3, -0.25) is 9.59 Å². The van der Waals surface area contributed by atoms with Gasteiger partial charge in [0.2, 0.25) is 0 Å². The fourth-order valence-corrected chi connectivity index (χ4v) is 4.66. The van der Waals surface area contributed by atoms with E-state index in [1.165, 1.54) is 7.11 Å². The maximum Gasteiger partial charge on any atom is 0.407 e. The summed E-state index contributed by atoms with van der Waals surface area (Å²) in [6, 6.07) is 15.8. The summed E-state index contributed by atoms with van der Waals surface area (Å²) in [7, 11) is 1.25. The number of methoxy groups -OCH3 is 1. The predicted molar refractivity (Wildman–Crippen MR) is 121 cm³/mol. The maximum absolute atomic E-state index is 13.9. The number of nitrogens with one attached hydrogen (secondary N) is 1. The van der Waals surface area contributed by atoms with Gasteiger partial charge in [-0.2, -0.15) is 0 Å². The van der Waals surface area contributed by atoms with Gasteiger partial charge in [0.05, 0.1) is 6.54 Å². The van der Waals surface area contributed by atoms with Gasteiger partial charge in [-0.1, -0.05) is 48.5 Å². The monoisotopic (exact) mass is 488 g/mol. The molecule has 8 nitrogen and oxygen atoms in total. The largest absolute Gasteiger partial charge is 0.481 e. The van der Waals surface area contributed by atoms with Crippen LogP contribution in [0.3, 0.4) is 0 Å². The number of carbonyl (C=O) groups is 3. The molecule has 0 bridgehead atoms. The molecule has 2 aromatic rings. The molecule has 2 amide bonds. The highest BCUT2D eigenvalue weighted by atomic mass is 19.3. The minimum Gasteiger partial charge on any atom is -0.481 e. The number of amides is 2. The van der Waals surface area contributed by atoms with Gasteiger partial charge in [-0.05, 0) is 22.3 Å². The number of carboxylic acids is 1. The molecule has 1 fully saturated rings. The predicted octanol–water partition coefficient (Wildman–Crippen LogP) is 3.11. The number of fused-ring (bicyclic) bond motifs is 3. The van der Waals surface area contributed by atoms with Crippen molar-refractivity contribution in [2.45, 2.75) is 24.4 Å². The van der Waals surface area contributed by atoms with Crippen molar-refractivity contribution >= 4 is 18.0 Å². The van der Waals surface area contributed by atoms with E-state index in [1.54, 1.807) is 0 Å². The fourth-order valence-electron chi connectivity index (χ4n) is 4.66. The van der Waals surface area contributed by atoms with E-state index in [1.807, 2.05) is 48.5 Å². The Morgan fingerprint density at radius 3 is 2.29 bits per heavy atom. The lowest BCUT2D eigenvalue weighted by atomic mass is 9.93. The minimum atomic E-state index is -3.40. The lowest BCUT2D eigenvalue weighted by Gasteiger charge is -2.37. The Balaban J connectivity index is 1.33. The molecule has 1 aliphatic carbocycles. The van der Waals surface area contributed by atoms with E-state index in [2.05, 4.69) is 5.32 Å². The van der Waals surface area contributed by atoms with Crippen LogP contribution in [0, 0.1) is 5.92 Å². The topological polar surface area (TPSA) is 105 Å². The Morgan fingerprint density at radius 2 is 1.71 bits per heavy atom. The molecule has 0 spiro atoms. The van der Waals surface area contributed by atoms with Gasteiger partial charge >= 0.3 is 12.1 Å².